The fraction of sp³-hybridized carbons (Fsp3) is 0.636. The lowest BCUT2D eigenvalue weighted by molar-refractivity contribution is 0.178. The van der Waals surface area contributed by atoms with Gasteiger partial charge in [-0.3, -0.25) is 0 Å². The van der Waals surface area contributed by atoms with Gasteiger partial charge >= 0.3 is 0 Å². The first kappa shape index (κ1) is 9.53. The monoisotopic (exact) mass is 166 g/mol. The fourth-order valence-electron chi connectivity index (χ4n) is 1.86. The van der Waals surface area contributed by atoms with Crippen LogP contribution in [0, 0.1) is 5.92 Å². The van der Waals surface area contributed by atoms with Crippen LogP contribution in [-0.4, -0.2) is 13.7 Å². The Morgan fingerprint density at radius 1 is 1.00 bits per heavy atom. The summed E-state index contributed by atoms with van der Waals surface area (Å²) in [5.74, 6) is 0.537. The lowest BCUT2D eigenvalue weighted by Crippen LogP contribution is -2.08. The highest BCUT2D eigenvalue weighted by molar-refractivity contribution is 5.46. The molecule has 1 rings (SSSR count). The summed E-state index contributed by atoms with van der Waals surface area (Å²) in [6, 6.07) is 0. The van der Waals surface area contributed by atoms with Gasteiger partial charge in [-0.1, -0.05) is 11.1 Å². The first-order chi connectivity index (χ1) is 5.59. The molecule has 0 aromatic heterocycles. The summed E-state index contributed by atoms with van der Waals surface area (Å²) in [4.78, 5) is 0. The molecule has 0 N–H and O–H groups in total. The number of hydrogen-bond acceptors (Lipinski definition) is 1. The van der Waals surface area contributed by atoms with Crippen LogP contribution in [0.15, 0.2) is 22.3 Å². The number of ether oxygens (including phenoxy) is 1. The van der Waals surface area contributed by atoms with Crippen LogP contribution in [0.1, 0.15) is 27.7 Å². The van der Waals surface area contributed by atoms with Crippen molar-refractivity contribution in [1.29, 1.82) is 0 Å². The van der Waals surface area contributed by atoms with Gasteiger partial charge in [-0.15, -0.1) is 0 Å². The van der Waals surface area contributed by atoms with Crippen molar-refractivity contribution in [2.24, 2.45) is 5.92 Å². The molecule has 0 radical (unpaired) electrons. The third-order valence-electron chi connectivity index (χ3n) is 3.12. The summed E-state index contributed by atoms with van der Waals surface area (Å²) < 4.78 is 5.19. The smallest absolute Gasteiger partial charge is 0.0565 e. The standard InChI is InChI=1S/C11H18O/c1-7-8(2)10(4)11(6-12-5)9(7)3/h11H,6H2,1-5H3. The van der Waals surface area contributed by atoms with Crippen LogP contribution in [0.4, 0.5) is 0 Å². The van der Waals surface area contributed by atoms with Crippen LogP contribution in [-0.2, 0) is 4.74 Å². The number of hydrogen-bond donors (Lipinski definition) is 0. The van der Waals surface area contributed by atoms with Crippen LogP contribution in [0.5, 0.6) is 0 Å². The van der Waals surface area contributed by atoms with E-state index in [1.54, 1.807) is 7.11 Å². The minimum atomic E-state index is 0.537. The van der Waals surface area contributed by atoms with E-state index in [9.17, 15) is 0 Å². The van der Waals surface area contributed by atoms with Crippen molar-refractivity contribution in [1.82, 2.24) is 0 Å². The van der Waals surface area contributed by atoms with Crippen molar-refractivity contribution in [3.8, 4) is 0 Å². The highest BCUT2D eigenvalue weighted by Crippen LogP contribution is 2.36. The molecular formula is C11H18O. The third-order valence-corrected chi connectivity index (χ3v) is 3.12. The van der Waals surface area contributed by atoms with E-state index >= 15 is 0 Å². The van der Waals surface area contributed by atoms with Crippen LogP contribution in [0.25, 0.3) is 0 Å². The van der Waals surface area contributed by atoms with Crippen LogP contribution in [0.2, 0.25) is 0 Å². The molecule has 0 bridgehead atoms. The number of allylic oxidation sites excluding steroid dienone is 2. The van der Waals surface area contributed by atoms with Gasteiger partial charge in [-0.2, -0.15) is 0 Å². The zero-order valence-corrected chi connectivity index (χ0v) is 8.69. The number of methoxy groups -OCH3 is 1. The molecule has 0 atom stereocenters. The molecule has 0 amide bonds. The highest BCUT2D eigenvalue weighted by Gasteiger charge is 2.23. The van der Waals surface area contributed by atoms with Crippen LogP contribution in [0.3, 0.4) is 0 Å². The molecule has 0 saturated heterocycles. The molecule has 0 unspecified atom stereocenters. The van der Waals surface area contributed by atoms with Gasteiger partial charge in [-0.25, -0.2) is 0 Å². The SMILES string of the molecule is COCC1C(C)=C(C)C(C)=C1C. The molecule has 0 aromatic rings. The summed E-state index contributed by atoms with van der Waals surface area (Å²) in [5, 5.41) is 0. The first-order valence-corrected chi connectivity index (χ1v) is 4.43. The Bertz CT molecular complexity index is 222. The van der Waals surface area contributed by atoms with E-state index < -0.39 is 0 Å². The maximum atomic E-state index is 5.19. The fourth-order valence-corrected chi connectivity index (χ4v) is 1.86. The van der Waals surface area contributed by atoms with E-state index in [2.05, 4.69) is 27.7 Å². The summed E-state index contributed by atoms with van der Waals surface area (Å²) in [6.07, 6.45) is 0. The van der Waals surface area contributed by atoms with E-state index in [1.807, 2.05) is 0 Å². The lowest BCUT2D eigenvalue weighted by Gasteiger charge is -2.12. The van der Waals surface area contributed by atoms with Crippen molar-refractivity contribution < 1.29 is 4.74 Å². The summed E-state index contributed by atoms with van der Waals surface area (Å²) in [5.41, 5.74) is 5.86. The molecule has 0 aromatic carbocycles. The maximum Gasteiger partial charge on any atom is 0.0565 e. The topological polar surface area (TPSA) is 9.23 Å². The number of rotatable bonds is 2. The minimum Gasteiger partial charge on any atom is -0.384 e. The van der Waals surface area contributed by atoms with E-state index in [1.165, 1.54) is 22.3 Å². The Morgan fingerprint density at radius 2 is 1.42 bits per heavy atom. The van der Waals surface area contributed by atoms with Crippen molar-refractivity contribution >= 4 is 0 Å². The van der Waals surface area contributed by atoms with Crippen LogP contribution >= 0.6 is 0 Å². The second-order valence-electron chi connectivity index (χ2n) is 3.62. The molecule has 0 saturated carbocycles. The summed E-state index contributed by atoms with van der Waals surface area (Å²) in [6.45, 7) is 9.64. The van der Waals surface area contributed by atoms with Gasteiger partial charge in [0, 0.05) is 13.0 Å². The highest BCUT2D eigenvalue weighted by atomic mass is 16.5. The van der Waals surface area contributed by atoms with Gasteiger partial charge < -0.3 is 4.74 Å². The largest absolute Gasteiger partial charge is 0.384 e. The van der Waals surface area contributed by atoms with Gasteiger partial charge in [0.1, 0.15) is 0 Å². The normalized spacial score (nSPS) is 19.8. The van der Waals surface area contributed by atoms with Crippen molar-refractivity contribution in [3.05, 3.63) is 22.3 Å². The first-order valence-electron chi connectivity index (χ1n) is 4.43. The maximum absolute atomic E-state index is 5.19. The second kappa shape index (κ2) is 3.44. The molecule has 68 valence electrons. The molecule has 1 heteroatoms. The van der Waals surface area contributed by atoms with Crippen molar-refractivity contribution in [2.45, 2.75) is 27.7 Å². The Hall–Kier alpha value is -0.560. The zero-order valence-electron chi connectivity index (χ0n) is 8.69. The third kappa shape index (κ3) is 1.34. The average molecular weight is 166 g/mol. The minimum absolute atomic E-state index is 0.537. The Labute approximate surface area is 75.1 Å². The molecule has 0 aliphatic heterocycles. The molecular weight excluding hydrogens is 148 g/mol. The average Bonchev–Trinajstić information content (AvgIpc) is 2.23. The van der Waals surface area contributed by atoms with Crippen LogP contribution < -0.4 is 0 Å². The summed E-state index contributed by atoms with van der Waals surface area (Å²) in [7, 11) is 1.77. The summed E-state index contributed by atoms with van der Waals surface area (Å²) >= 11 is 0. The van der Waals surface area contributed by atoms with Gasteiger partial charge in [0.05, 0.1) is 6.61 Å². The molecule has 0 spiro atoms. The molecule has 1 aliphatic rings. The van der Waals surface area contributed by atoms with E-state index in [-0.39, 0.29) is 0 Å². The molecule has 0 heterocycles. The van der Waals surface area contributed by atoms with E-state index in [0.717, 1.165) is 6.61 Å². The van der Waals surface area contributed by atoms with Gasteiger partial charge in [-0.05, 0) is 38.8 Å². The quantitative estimate of drug-likeness (QED) is 0.613. The van der Waals surface area contributed by atoms with Gasteiger partial charge in [0.25, 0.3) is 0 Å². The Kier molecular flexibility index (Phi) is 2.73. The van der Waals surface area contributed by atoms with E-state index in [0.29, 0.717) is 5.92 Å². The predicted octanol–water partition coefficient (Wildman–Crippen LogP) is 2.94. The lowest BCUT2D eigenvalue weighted by atomic mass is 9.98. The molecule has 1 nitrogen and oxygen atoms in total. The van der Waals surface area contributed by atoms with Gasteiger partial charge in [0.15, 0.2) is 0 Å². The Balaban J connectivity index is 2.91. The molecule has 12 heavy (non-hydrogen) atoms. The molecule has 0 fully saturated rings. The molecule has 1 aliphatic carbocycles. The van der Waals surface area contributed by atoms with Gasteiger partial charge in [0.2, 0.25) is 0 Å². The zero-order chi connectivity index (χ0) is 9.30. The predicted molar refractivity (Wildman–Crippen MR) is 52.1 cm³/mol. The Morgan fingerprint density at radius 3 is 1.75 bits per heavy atom. The van der Waals surface area contributed by atoms with Crippen molar-refractivity contribution in [3.63, 3.8) is 0 Å². The van der Waals surface area contributed by atoms with Crippen molar-refractivity contribution in [2.75, 3.05) is 13.7 Å². The second-order valence-corrected chi connectivity index (χ2v) is 3.62. The van der Waals surface area contributed by atoms with E-state index in [4.69, 9.17) is 4.74 Å².